The Bertz CT molecular complexity index is 766. The normalized spacial score (nSPS) is 15.5. The topological polar surface area (TPSA) is 32.3 Å². The summed E-state index contributed by atoms with van der Waals surface area (Å²) in [5.41, 5.74) is 3.02. The molecule has 3 nitrogen and oxygen atoms in total. The third-order valence-electron chi connectivity index (χ3n) is 5.09. The molecular formula is C23H22N2O. The molecule has 1 heterocycles. The van der Waals surface area contributed by atoms with Gasteiger partial charge in [0.05, 0.1) is 12.1 Å². The van der Waals surface area contributed by atoms with Gasteiger partial charge in [0.25, 0.3) is 0 Å². The molecule has 0 unspecified atom stereocenters. The van der Waals surface area contributed by atoms with Crippen LogP contribution in [0.5, 0.6) is 0 Å². The van der Waals surface area contributed by atoms with Gasteiger partial charge in [0.1, 0.15) is 0 Å². The molecule has 4 rings (SSSR count). The van der Waals surface area contributed by atoms with Gasteiger partial charge in [0.2, 0.25) is 5.91 Å². The summed E-state index contributed by atoms with van der Waals surface area (Å²) in [6, 6.07) is 31.5. The summed E-state index contributed by atoms with van der Waals surface area (Å²) in [5.74, 6) is 0.0726. The van der Waals surface area contributed by atoms with Gasteiger partial charge in [-0.05, 0) is 16.7 Å². The summed E-state index contributed by atoms with van der Waals surface area (Å²) in [7, 11) is 0. The Morgan fingerprint density at radius 2 is 1.12 bits per heavy atom. The lowest BCUT2D eigenvalue weighted by atomic mass is 9.75. The molecule has 0 saturated carbocycles. The molecule has 0 aliphatic carbocycles. The second-order valence-corrected chi connectivity index (χ2v) is 6.58. The Kier molecular flexibility index (Phi) is 4.55. The molecular weight excluding hydrogens is 320 g/mol. The standard InChI is InChI=1S/C23H22N2O/c26-22-18-25(17-16-24-22)23(19-10-4-1-5-11-19,20-12-6-2-7-13-20)21-14-8-3-9-15-21/h1-15H,16-18H2,(H,24,26). The summed E-state index contributed by atoms with van der Waals surface area (Å²) >= 11 is 0. The van der Waals surface area contributed by atoms with E-state index in [4.69, 9.17) is 0 Å². The molecule has 1 aliphatic heterocycles. The van der Waals surface area contributed by atoms with Crippen LogP contribution >= 0.6 is 0 Å². The SMILES string of the molecule is O=C1CN(C(c2ccccc2)(c2ccccc2)c2ccccc2)CCN1. The average molecular weight is 342 g/mol. The van der Waals surface area contributed by atoms with Crippen LogP contribution in [0, 0.1) is 0 Å². The number of amides is 1. The first-order valence-corrected chi connectivity index (χ1v) is 9.00. The number of carbonyl (C=O) groups is 1. The molecule has 1 saturated heterocycles. The molecule has 3 aromatic carbocycles. The number of benzene rings is 3. The lowest BCUT2D eigenvalue weighted by Crippen LogP contribution is -2.57. The summed E-state index contributed by atoms with van der Waals surface area (Å²) < 4.78 is 0. The molecule has 1 amide bonds. The van der Waals surface area contributed by atoms with Crippen LogP contribution in [0.3, 0.4) is 0 Å². The third-order valence-corrected chi connectivity index (χ3v) is 5.09. The van der Waals surface area contributed by atoms with Crippen molar-refractivity contribution < 1.29 is 4.79 Å². The van der Waals surface area contributed by atoms with Crippen LogP contribution in [0.25, 0.3) is 0 Å². The number of rotatable bonds is 4. The van der Waals surface area contributed by atoms with E-state index in [2.05, 4.69) is 83.0 Å². The van der Waals surface area contributed by atoms with Crippen molar-refractivity contribution in [3.63, 3.8) is 0 Å². The zero-order chi connectivity index (χ0) is 17.8. The minimum absolute atomic E-state index is 0.0726. The Morgan fingerprint density at radius 3 is 1.50 bits per heavy atom. The maximum absolute atomic E-state index is 12.3. The van der Waals surface area contributed by atoms with E-state index in [0.29, 0.717) is 13.1 Å². The van der Waals surface area contributed by atoms with Crippen molar-refractivity contribution in [3.8, 4) is 0 Å². The van der Waals surface area contributed by atoms with Crippen LogP contribution < -0.4 is 5.32 Å². The second kappa shape index (κ2) is 7.14. The summed E-state index contributed by atoms with van der Waals surface area (Å²) in [6.07, 6.45) is 0. The third kappa shape index (κ3) is 2.80. The first-order chi connectivity index (χ1) is 12.8. The van der Waals surface area contributed by atoms with Gasteiger partial charge in [-0.2, -0.15) is 0 Å². The van der Waals surface area contributed by atoms with Gasteiger partial charge >= 0.3 is 0 Å². The highest BCUT2D eigenvalue weighted by atomic mass is 16.2. The number of carbonyl (C=O) groups excluding carboxylic acids is 1. The highest BCUT2D eigenvalue weighted by Crippen LogP contribution is 2.42. The van der Waals surface area contributed by atoms with E-state index in [0.717, 1.165) is 6.54 Å². The maximum atomic E-state index is 12.3. The van der Waals surface area contributed by atoms with E-state index >= 15 is 0 Å². The minimum atomic E-state index is -0.498. The second-order valence-electron chi connectivity index (χ2n) is 6.58. The lowest BCUT2D eigenvalue weighted by Gasteiger charge is -2.46. The van der Waals surface area contributed by atoms with Gasteiger partial charge in [-0.3, -0.25) is 9.69 Å². The maximum Gasteiger partial charge on any atom is 0.234 e. The van der Waals surface area contributed by atoms with Crippen molar-refractivity contribution in [1.82, 2.24) is 10.2 Å². The fraction of sp³-hybridized carbons (Fsp3) is 0.174. The molecule has 0 atom stereocenters. The summed E-state index contributed by atoms with van der Waals surface area (Å²) in [4.78, 5) is 14.6. The molecule has 3 heteroatoms. The van der Waals surface area contributed by atoms with E-state index < -0.39 is 5.54 Å². The van der Waals surface area contributed by atoms with Crippen LogP contribution in [-0.4, -0.2) is 30.4 Å². The molecule has 0 spiro atoms. The lowest BCUT2D eigenvalue weighted by molar-refractivity contribution is -0.125. The number of nitrogens with one attached hydrogen (secondary N) is 1. The molecule has 0 aromatic heterocycles. The summed E-state index contributed by atoms with van der Waals surface area (Å²) in [5, 5.41) is 2.96. The molecule has 0 radical (unpaired) electrons. The Balaban J connectivity index is 2.02. The van der Waals surface area contributed by atoms with Crippen molar-refractivity contribution >= 4 is 5.91 Å². The molecule has 1 N–H and O–H groups in total. The van der Waals surface area contributed by atoms with E-state index in [1.807, 2.05) is 18.2 Å². The number of hydrogen-bond donors (Lipinski definition) is 1. The van der Waals surface area contributed by atoms with E-state index in [1.54, 1.807) is 0 Å². The van der Waals surface area contributed by atoms with Gasteiger partial charge in [-0.1, -0.05) is 91.0 Å². The van der Waals surface area contributed by atoms with Crippen molar-refractivity contribution in [2.45, 2.75) is 5.54 Å². The quantitative estimate of drug-likeness (QED) is 0.737. The predicted molar refractivity (Wildman–Crippen MR) is 104 cm³/mol. The van der Waals surface area contributed by atoms with Gasteiger partial charge in [-0.25, -0.2) is 0 Å². The van der Waals surface area contributed by atoms with Gasteiger partial charge in [-0.15, -0.1) is 0 Å². The van der Waals surface area contributed by atoms with Crippen molar-refractivity contribution in [3.05, 3.63) is 108 Å². The van der Waals surface area contributed by atoms with E-state index in [9.17, 15) is 4.79 Å². The molecule has 3 aromatic rings. The fourth-order valence-corrected chi connectivity index (χ4v) is 4.01. The average Bonchev–Trinajstić information content (AvgIpc) is 2.71. The molecule has 130 valence electrons. The van der Waals surface area contributed by atoms with Crippen molar-refractivity contribution in [2.24, 2.45) is 0 Å². The first-order valence-electron chi connectivity index (χ1n) is 9.00. The highest BCUT2D eigenvalue weighted by Gasteiger charge is 2.43. The molecule has 0 bridgehead atoms. The van der Waals surface area contributed by atoms with Crippen LogP contribution in [0.15, 0.2) is 91.0 Å². The minimum Gasteiger partial charge on any atom is -0.354 e. The van der Waals surface area contributed by atoms with Gasteiger partial charge in [0.15, 0.2) is 0 Å². The number of piperazine rings is 1. The zero-order valence-electron chi connectivity index (χ0n) is 14.6. The molecule has 1 aliphatic rings. The van der Waals surface area contributed by atoms with Crippen molar-refractivity contribution in [1.29, 1.82) is 0 Å². The Morgan fingerprint density at radius 1 is 0.692 bits per heavy atom. The van der Waals surface area contributed by atoms with Crippen molar-refractivity contribution in [2.75, 3.05) is 19.6 Å². The Hall–Kier alpha value is -2.91. The zero-order valence-corrected chi connectivity index (χ0v) is 14.6. The largest absolute Gasteiger partial charge is 0.354 e. The van der Waals surface area contributed by atoms with Crippen LogP contribution in [0.4, 0.5) is 0 Å². The van der Waals surface area contributed by atoms with Crippen LogP contribution in [0.1, 0.15) is 16.7 Å². The van der Waals surface area contributed by atoms with Crippen LogP contribution in [-0.2, 0) is 10.3 Å². The van der Waals surface area contributed by atoms with E-state index in [-0.39, 0.29) is 5.91 Å². The highest BCUT2D eigenvalue weighted by molar-refractivity contribution is 5.79. The smallest absolute Gasteiger partial charge is 0.234 e. The predicted octanol–water partition coefficient (Wildman–Crippen LogP) is 3.41. The van der Waals surface area contributed by atoms with E-state index in [1.165, 1.54) is 16.7 Å². The fourth-order valence-electron chi connectivity index (χ4n) is 4.01. The number of hydrogen-bond acceptors (Lipinski definition) is 2. The number of nitrogens with zero attached hydrogens (tertiary/aromatic N) is 1. The van der Waals surface area contributed by atoms with Gasteiger partial charge in [0, 0.05) is 13.1 Å². The molecule has 1 fully saturated rings. The summed E-state index contributed by atoms with van der Waals surface area (Å²) in [6.45, 7) is 1.83. The van der Waals surface area contributed by atoms with Gasteiger partial charge < -0.3 is 5.32 Å². The first kappa shape index (κ1) is 16.6. The monoisotopic (exact) mass is 342 g/mol. The molecule has 26 heavy (non-hydrogen) atoms. The van der Waals surface area contributed by atoms with Crippen LogP contribution in [0.2, 0.25) is 0 Å². The Labute approximate surface area is 154 Å².